The average molecular weight is 449 g/mol. The fourth-order valence-electron chi connectivity index (χ4n) is 7.12. The lowest BCUT2D eigenvalue weighted by atomic mass is 9.51. The summed E-state index contributed by atoms with van der Waals surface area (Å²) in [7, 11) is 0. The van der Waals surface area contributed by atoms with Crippen molar-refractivity contribution in [1.29, 1.82) is 0 Å². The van der Waals surface area contributed by atoms with E-state index in [2.05, 4.69) is 0 Å². The van der Waals surface area contributed by atoms with Gasteiger partial charge < -0.3 is 25.2 Å². The van der Waals surface area contributed by atoms with Crippen LogP contribution in [-0.2, 0) is 14.3 Å². The first kappa shape index (κ1) is 23.8. The molecule has 7 nitrogen and oxygen atoms in total. The van der Waals surface area contributed by atoms with Crippen LogP contribution < -0.4 is 0 Å². The summed E-state index contributed by atoms with van der Waals surface area (Å²) in [6.45, 7) is 8.85. The number of rotatable bonds is 4. The molecule has 1 aliphatic heterocycles. The molecular formula is C25H36O7. The summed E-state index contributed by atoms with van der Waals surface area (Å²) in [5.74, 6) is -5.82. The molecule has 0 amide bonds. The molecule has 1 unspecified atom stereocenters. The molecule has 1 heterocycles. The van der Waals surface area contributed by atoms with Gasteiger partial charge >= 0.3 is 0 Å². The van der Waals surface area contributed by atoms with Gasteiger partial charge in [-0.3, -0.25) is 9.59 Å². The molecule has 10 atom stereocenters. The van der Waals surface area contributed by atoms with Crippen LogP contribution in [-0.4, -0.2) is 61.7 Å². The van der Waals surface area contributed by atoms with Crippen LogP contribution in [0.5, 0.6) is 0 Å². The van der Waals surface area contributed by atoms with Crippen LogP contribution in [0.3, 0.4) is 0 Å². The molecule has 0 radical (unpaired) electrons. The van der Waals surface area contributed by atoms with E-state index in [1.807, 2.05) is 13.8 Å². The third-order valence-corrected chi connectivity index (χ3v) is 8.86. The molecule has 3 aliphatic carbocycles. The van der Waals surface area contributed by atoms with Crippen LogP contribution in [0.1, 0.15) is 53.9 Å². The Balaban J connectivity index is 1.77. The summed E-state index contributed by atoms with van der Waals surface area (Å²) >= 11 is 0. The van der Waals surface area contributed by atoms with E-state index in [9.17, 15) is 30.0 Å². The molecule has 0 bridgehead atoms. The highest BCUT2D eigenvalue weighted by molar-refractivity contribution is 6.00. The van der Waals surface area contributed by atoms with Gasteiger partial charge in [-0.15, -0.1) is 0 Å². The van der Waals surface area contributed by atoms with E-state index in [-0.39, 0.29) is 30.6 Å². The second kappa shape index (κ2) is 7.57. The Labute approximate surface area is 189 Å². The van der Waals surface area contributed by atoms with Gasteiger partial charge in [0, 0.05) is 17.8 Å². The number of ether oxygens (including phenoxy) is 1. The first-order chi connectivity index (χ1) is 14.8. The predicted molar refractivity (Wildman–Crippen MR) is 116 cm³/mol. The number of Topliss-reactive ketones (excluding diaryl/α,β-unsaturated/α-hetero) is 2. The number of carbonyl (C=O) groups excluding carboxylic acids is 2. The van der Waals surface area contributed by atoms with Crippen LogP contribution in [0, 0.1) is 35.5 Å². The molecule has 4 rings (SSSR count). The average Bonchev–Trinajstić information content (AvgIpc) is 3.23. The number of hydrogen-bond acceptors (Lipinski definition) is 7. The highest BCUT2D eigenvalue weighted by Crippen LogP contribution is 2.62. The topological polar surface area (TPSA) is 124 Å². The molecule has 0 aromatic heterocycles. The van der Waals surface area contributed by atoms with Gasteiger partial charge in [-0.25, -0.2) is 0 Å². The third-order valence-electron chi connectivity index (χ3n) is 8.86. The Kier molecular flexibility index (Phi) is 5.62. The molecule has 2 fully saturated rings. The number of aliphatic hydroxyl groups is 4. The van der Waals surface area contributed by atoms with Crippen molar-refractivity contribution in [2.45, 2.75) is 77.0 Å². The SMILES string of the molecule is CC1=C[C@]2(O)[C@](O)(OC1)C(C)[C@H]1CC[C@@H](C)[C@@H]1[C@@]2(O)C(=O)[C@@H](C)C[C@@H]1C(=O)C(C)=C[C@H]1O. The minimum absolute atomic E-state index is 0.0459. The lowest BCUT2D eigenvalue weighted by Crippen LogP contribution is -2.81. The van der Waals surface area contributed by atoms with Crippen LogP contribution in [0.2, 0.25) is 0 Å². The van der Waals surface area contributed by atoms with Crippen molar-refractivity contribution in [2.24, 2.45) is 35.5 Å². The molecule has 178 valence electrons. The summed E-state index contributed by atoms with van der Waals surface area (Å²) in [5, 5.41) is 46.1. The Morgan fingerprint density at radius 3 is 2.47 bits per heavy atom. The number of ketones is 2. The highest BCUT2D eigenvalue weighted by Gasteiger charge is 2.77. The van der Waals surface area contributed by atoms with Crippen molar-refractivity contribution in [3.63, 3.8) is 0 Å². The Morgan fingerprint density at radius 1 is 1.22 bits per heavy atom. The van der Waals surface area contributed by atoms with Crippen molar-refractivity contribution >= 4 is 11.6 Å². The van der Waals surface area contributed by atoms with E-state index in [0.29, 0.717) is 17.6 Å². The summed E-state index contributed by atoms with van der Waals surface area (Å²) in [6.07, 6.45) is 3.45. The van der Waals surface area contributed by atoms with Crippen molar-refractivity contribution in [1.82, 2.24) is 0 Å². The minimum Gasteiger partial charge on any atom is -0.388 e. The Bertz CT molecular complexity index is 893. The smallest absolute Gasteiger partial charge is 0.205 e. The predicted octanol–water partition coefficient (Wildman–Crippen LogP) is 1.53. The lowest BCUT2D eigenvalue weighted by molar-refractivity contribution is -0.381. The maximum Gasteiger partial charge on any atom is 0.205 e. The Morgan fingerprint density at radius 2 is 1.88 bits per heavy atom. The summed E-state index contributed by atoms with van der Waals surface area (Å²) in [6, 6.07) is 0. The van der Waals surface area contributed by atoms with Crippen LogP contribution in [0.15, 0.2) is 23.3 Å². The lowest BCUT2D eigenvalue weighted by Gasteiger charge is -2.62. The molecule has 4 N–H and O–H groups in total. The zero-order valence-corrected chi connectivity index (χ0v) is 19.5. The first-order valence-corrected chi connectivity index (χ1v) is 11.7. The monoisotopic (exact) mass is 448 g/mol. The van der Waals surface area contributed by atoms with Gasteiger partial charge in [-0.2, -0.15) is 0 Å². The normalized spacial score (nSPS) is 49.2. The Hall–Kier alpha value is -1.38. The van der Waals surface area contributed by atoms with Gasteiger partial charge in [0.15, 0.2) is 22.8 Å². The highest BCUT2D eigenvalue weighted by atomic mass is 16.6. The summed E-state index contributed by atoms with van der Waals surface area (Å²) < 4.78 is 5.77. The molecule has 4 aliphatic rings. The third kappa shape index (κ3) is 2.91. The minimum atomic E-state index is -2.32. The summed E-state index contributed by atoms with van der Waals surface area (Å²) in [5.41, 5.74) is -3.53. The number of carbonyl (C=O) groups is 2. The standard InChI is InChI=1S/C25H36O7/c1-12-10-23(29)24(30,22(28)15(4)8-18-19(26)9-14(3)21(18)27)20-13(2)6-7-17(20)16(5)25(23,31)32-11-12/h9-10,13,15-20,26,29-31H,6-8,11H2,1-5H3/t13-,15+,16?,17-,18+,19-,20+,23-,24-,25-/m1/s1. The maximum atomic E-state index is 14.0. The van der Waals surface area contributed by atoms with Gasteiger partial charge in [0.1, 0.15) is 0 Å². The van der Waals surface area contributed by atoms with Crippen molar-refractivity contribution < 1.29 is 34.8 Å². The molecular weight excluding hydrogens is 412 g/mol. The van der Waals surface area contributed by atoms with Gasteiger partial charge in [0.25, 0.3) is 0 Å². The summed E-state index contributed by atoms with van der Waals surface area (Å²) in [4.78, 5) is 26.5. The fourth-order valence-corrected chi connectivity index (χ4v) is 7.12. The molecule has 0 saturated heterocycles. The first-order valence-electron chi connectivity index (χ1n) is 11.7. The molecule has 32 heavy (non-hydrogen) atoms. The van der Waals surface area contributed by atoms with Crippen molar-refractivity contribution in [3.8, 4) is 0 Å². The van der Waals surface area contributed by atoms with Crippen LogP contribution in [0.25, 0.3) is 0 Å². The van der Waals surface area contributed by atoms with Crippen molar-refractivity contribution in [2.75, 3.05) is 6.61 Å². The van der Waals surface area contributed by atoms with E-state index < -0.39 is 52.5 Å². The second-order valence-electron chi connectivity index (χ2n) is 10.9. The number of aliphatic hydroxyl groups excluding tert-OH is 1. The van der Waals surface area contributed by atoms with E-state index in [1.54, 1.807) is 20.8 Å². The molecule has 7 heteroatoms. The van der Waals surface area contributed by atoms with E-state index in [1.165, 1.54) is 12.2 Å². The van der Waals surface area contributed by atoms with E-state index >= 15 is 0 Å². The fraction of sp³-hybridized carbons (Fsp3) is 0.760. The van der Waals surface area contributed by atoms with Crippen LogP contribution in [0.4, 0.5) is 0 Å². The zero-order valence-electron chi connectivity index (χ0n) is 19.5. The second-order valence-corrected chi connectivity index (χ2v) is 10.9. The van der Waals surface area contributed by atoms with E-state index in [0.717, 1.165) is 6.42 Å². The number of hydrogen-bond donors (Lipinski definition) is 4. The van der Waals surface area contributed by atoms with Crippen molar-refractivity contribution in [3.05, 3.63) is 23.3 Å². The van der Waals surface area contributed by atoms with Gasteiger partial charge in [0.2, 0.25) is 5.79 Å². The zero-order chi connectivity index (χ0) is 23.8. The van der Waals surface area contributed by atoms with E-state index in [4.69, 9.17) is 4.74 Å². The quantitative estimate of drug-likeness (QED) is 0.481. The largest absolute Gasteiger partial charge is 0.388 e. The molecule has 2 saturated carbocycles. The molecule has 0 aromatic rings. The number of allylic oxidation sites excluding steroid dienone is 1. The van der Waals surface area contributed by atoms with Crippen LogP contribution >= 0.6 is 0 Å². The molecule has 0 aromatic carbocycles. The molecule has 0 spiro atoms. The van der Waals surface area contributed by atoms with Gasteiger partial charge in [0.05, 0.1) is 18.6 Å². The van der Waals surface area contributed by atoms with Gasteiger partial charge in [-0.1, -0.05) is 27.2 Å². The van der Waals surface area contributed by atoms with Gasteiger partial charge in [-0.05, 0) is 61.8 Å². The number of fused-ring (bicyclic) bond motifs is 2. The maximum absolute atomic E-state index is 14.0.